The molecule has 0 aromatic carbocycles. The maximum atomic E-state index is 5.08. The first-order chi connectivity index (χ1) is 18.3. The van der Waals surface area contributed by atoms with Gasteiger partial charge in [-0.25, -0.2) is 0 Å². The standard InChI is InChI=1S/C23H23N5.C9H13N.Pt/c1-4-19-13(2)21(28-27-19)23-17-9-10-24-12-15(17)11-20(26-23)22-18-8-6-5-7-16(18)14(3)25-22;1-9(2,3)8-4-6-10-7-5-8;/h9-12H,4-8H2,1-3H3;4-7H,1-3H3;/q-2;;+2. The molecule has 39 heavy (non-hydrogen) atoms. The van der Waals surface area contributed by atoms with Gasteiger partial charge in [-0.2, -0.15) is 5.69 Å². The molecular weight excluding hydrogens is 663 g/mol. The van der Waals surface area contributed by atoms with Crippen molar-refractivity contribution in [2.24, 2.45) is 0 Å². The molecule has 5 aromatic heterocycles. The third kappa shape index (κ3) is 5.91. The zero-order valence-corrected chi connectivity index (χ0v) is 25.9. The number of rotatable bonds is 3. The zero-order valence-electron chi connectivity index (χ0n) is 23.7. The molecule has 0 aliphatic heterocycles. The number of pyridine rings is 3. The molecule has 0 N–H and O–H groups in total. The first-order valence-corrected chi connectivity index (χ1v) is 13.6. The average Bonchev–Trinajstić information content (AvgIpc) is 3.47. The summed E-state index contributed by atoms with van der Waals surface area (Å²) in [5, 5.41) is 11.0. The minimum Gasteiger partial charge on any atom is -0.659 e. The molecule has 5 aromatic rings. The van der Waals surface area contributed by atoms with Crippen molar-refractivity contribution in [1.29, 1.82) is 0 Å². The molecule has 0 radical (unpaired) electrons. The van der Waals surface area contributed by atoms with Crippen molar-refractivity contribution in [1.82, 2.24) is 30.1 Å². The van der Waals surface area contributed by atoms with Crippen LogP contribution in [0.4, 0.5) is 0 Å². The Morgan fingerprint density at radius 3 is 2.23 bits per heavy atom. The van der Waals surface area contributed by atoms with Gasteiger partial charge in [-0.1, -0.05) is 51.4 Å². The van der Waals surface area contributed by atoms with Gasteiger partial charge in [-0.05, 0) is 79.8 Å². The Kier molecular flexibility index (Phi) is 8.86. The Hall–Kier alpha value is -3.11. The monoisotopic (exact) mass is 699 g/mol. The Balaban J connectivity index is 0.000000273. The van der Waals surface area contributed by atoms with Crippen LogP contribution in [-0.4, -0.2) is 20.1 Å². The van der Waals surface area contributed by atoms with E-state index >= 15 is 0 Å². The third-order valence-electron chi connectivity index (χ3n) is 7.51. The fourth-order valence-electron chi connectivity index (χ4n) is 5.29. The van der Waals surface area contributed by atoms with E-state index in [1.54, 1.807) is 0 Å². The maximum Gasteiger partial charge on any atom is 2.00 e. The van der Waals surface area contributed by atoms with Crippen molar-refractivity contribution in [3.05, 3.63) is 82.7 Å². The van der Waals surface area contributed by atoms with Crippen molar-refractivity contribution in [2.45, 2.75) is 79.1 Å². The normalized spacial score (nSPS) is 12.9. The first kappa shape index (κ1) is 28.9. The number of aryl methyl sites for hydroxylation is 2. The molecule has 6 rings (SSSR count). The minimum atomic E-state index is 0. The molecule has 1 aliphatic rings. The van der Waals surface area contributed by atoms with E-state index in [-0.39, 0.29) is 26.5 Å². The number of aromatic nitrogens is 6. The van der Waals surface area contributed by atoms with Crippen LogP contribution in [0.3, 0.4) is 0 Å². The van der Waals surface area contributed by atoms with E-state index < -0.39 is 0 Å². The summed E-state index contributed by atoms with van der Waals surface area (Å²) in [6.07, 6.45) is 12.9. The maximum absolute atomic E-state index is 5.08. The number of hydrogen-bond acceptors (Lipinski definition) is 4. The van der Waals surface area contributed by atoms with Crippen LogP contribution in [0.25, 0.3) is 33.5 Å². The predicted molar refractivity (Wildman–Crippen MR) is 153 cm³/mol. The first-order valence-electron chi connectivity index (χ1n) is 13.6. The smallest absolute Gasteiger partial charge is 0.659 e. The van der Waals surface area contributed by atoms with Crippen LogP contribution < -0.4 is 10.1 Å². The van der Waals surface area contributed by atoms with Crippen LogP contribution in [0, 0.1) is 13.8 Å². The quantitative estimate of drug-likeness (QED) is 0.209. The largest absolute Gasteiger partial charge is 2.00 e. The fourth-order valence-corrected chi connectivity index (χ4v) is 5.29. The molecule has 5 heterocycles. The molecule has 7 heteroatoms. The van der Waals surface area contributed by atoms with Crippen LogP contribution in [0.2, 0.25) is 0 Å². The van der Waals surface area contributed by atoms with E-state index in [4.69, 9.17) is 9.97 Å². The van der Waals surface area contributed by atoms with Crippen molar-refractivity contribution >= 4 is 10.8 Å². The number of nitrogens with zero attached hydrogens (tertiary/aromatic N) is 6. The molecule has 0 saturated heterocycles. The SMILES string of the molecule is CC(C)(C)c1ccncc1.CCc1n[n-]c(-c2nc(-c3[n-]c(C)c4c3CCCC4)cc3cnccc23)c1C.[Pt+2]. The van der Waals surface area contributed by atoms with E-state index in [2.05, 4.69) is 79.9 Å². The van der Waals surface area contributed by atoms with Gasteiger partial charge in [0.1, 0.15) is 0 Å². The summed E-state index contributed by atoms with van der Waals surface area (Å²) < 4.78 is 0. The average molecular weight is 700 g/mol. The van der Waals surface area contributed by atoms with Gasteiger partial charge in [-0.15, -0.1) is 5.69 Å². The van der Waals surface area contributed by atoms with Crippen molar-refractivity contribution < 1.29 is 21.1 Å². The number of hydrogen-bond donors (Lipinski definition) is 0. The summed E-state index contributed by atoms with van der Waals surface area (Å²) in [4.78, 5) is 18.3. The second kappa shape index (κ2) is 12.0. The Bertz CT molecular complexity index is 1560. The molecule has 0 bridgehead atoms. The third-order valence-corrected chi connectivity index (χ3v) is 7.51. The Morgan fingerprint density at radius 2 is 1.59 bits per heavy atom. The summed E-state index contributed by atoms with van der Waals surface area (Å²) in [5.41, 5.74) is 11.4. The van der Waals surface area contributed by atoms with E-state index in [1.165, 1.54) is 29.5 Å². The molecule has 0 saturated carbocycles. The van der Waals surface area contributed by atoms with Crippen molar-refractivity contribution in [2.75, 3.05) is 0 Å². The van der Waals surface area contributed by atoms with Gasteiger partial charge >= 0.3 is 21.1 Å². The van der Waals surface area contributed by atoms with E-state index in [1.807, 2.05) is 30.9 Å². The van der Waals surface area contributed by atoms with Crippen molar-refractivity contribution in [3.8, 4) is 22.8 Å². The van der Waals surface area contributed by atoms with Gasteiger partial charge in [0.2, 0.25) is 0 Å². The van der Waals surface area contributed by atoms with E-state index in [9.17, 15) is 0 Å². The minimum absolute atomic E-state index is 0. The van der Waals surface area contributed by atoms with Gasteiger partial charge in [0.05, 0.1) is 5.69 Å². The van der Waals surface area contributed by atoms with Crippen LogP contribution in [-0.2, 0) is 45.7 Å². The summed E-state index contributed by atoms with van der Waals surface area (Å²) in [6, 6.07) is 8.25. The fraction of sp³-hybridized carbons (Fsp3) is 0.375. The molecule has 0 spiro atoms. The molecule has 0 amide bonds. The molecular formula is C32H36N6Pt. The summed E-state index contributed by atoms with van der Waals surface area (Å²) in [6.45, 7) is 12.9. The predicted octanol–water partition coefficient (Wildman–Crippen LogP) is 6.71. The van der Waals surface area contributed by atoms with E-state index in [0.29, 0.717) is 0 Å². The second-order valence-electron chi connectivity index (χ2n) is 11.1. The van der Waals surface area contributed by atoms with Crippen molar-refractivity contribution in [3.63, 3.8) is 0 Å². The van der Waals surface area contributed by atoms with Crippen LogP contribution in [0.15, 0.2) is 49.1 Å². The second-order valence-corrected chi connectivity index (χ2v) is 11.1. The molecule has 1 aliphatic carbocycles. The van der Waals surface area contributed by atoms with Gasteiger partial charge in [0.25, 0.3) is 0 Å². The van der Waals surface area contributed by atoms with Crippen LogP contribution >= 0.6 is 0 Å². The molecule has 0 unspecified atom stereocenters. The van der Waals surface area contributed by atoms with Gasteiger partial charge < -0.3 is 15.2 Å². The molecule has 6 nitrogen and oxygen atoms in total. The summed E-state index contributed by atoms with van der Waals surface area (Å²) in [5.74, 6) is 0. The van der Waals surface area contributed by atoms with Crippen LogP contribution in [0.5, 0.6) is 0 Å². The van der Waals surface area contributed by atoms with Gasteiger partial charge in [0, 0.05) is 46.9 Å². The number of fused-ring (bicyclic) bond motifs is 2. The summed E-state index contributed by atoms with van der Waals surface area (Å²) >= 11 is 0. The van der Waals surface area contributed by atoms with Gasteiger partial charge in [-0.3, -0.25) is 15.0 Å². The van der Waals surface area contributed by atoms with E-state index in [0.717, 1.165) is 69.8 Å². The zero-order chi connectivity index (χ0) is 26.9. The summed E-state index contributed by atoms with van der Waals surface area (Å²) in [7, 11) is 0. The topological polar surface area (TPSA) is 79.8 Å². The Labute approximate surface area is 245 Å². The van der Waals surface area contributed by atoms with Gasteiger partial charge in [0.15, 0.2) is 0 Å². The molecule has 204 valence electrons. The molecule has 0 fully saturated rings. The molecule has 0 atom stereocenters. The Morgan fingerprint density at radius 1 is 0.897 bits per heavy atom. The van der Waals surface area contributed by atoms with Crippen LogP contribution in [0.1, 0.15) is 74.2 Å².